The number of rotatable bonds is 3. The second-order valence-corrected chi connectivity index (χ2v) is 4.08. The van der Waals surface area contributed by atoms with Gasteiger partial charge in [-0.05, 0) is 36.4 Å². The van der Waals surface area contributed by atoms with E-state index in [2.05, 4.69) is 5.32 Å². The first-order valence-corrected chi connectivity index (χ1v) is 5.74. The fraction of sp³-hybridized carbons (Fsp3) is 0.0714. The number of ether oxygens (including phenoxy) is 1. The topological polar surface area (TPSA) is 84.6 Å². The molecule has 0 aliphatic rings. The number of nitrogens with two attached hydrogens (primary N) is 1. The van der Waals surface area contributed by atoms with Crippen molar-refractivity contribution >= 4 is 17.3 Å². The van der Waals surface area contributed by atoms with E-state index in [0.29, 0.717) is 5.75 Å². The molecule has 0 aliphatic carbocycles. The molecule has 0 atom stereocenters. The molecule has 0 saturated heterocycles. The number of amides is 1. The van der Waals surface area contributed by atoms with Gasteiger partial charge in [-0.1, -0.05) is 0 Å². The van der Waals surface area contributed by atoms with Gasteiger partial charge in [-0.3, -0.25) is 4.79 Å². The largest absolute Gasteiger partial charge is 0.507 e. The summed E-state index contributed by atoms with van der Waals surface area (Å²) in [6, 6.07) is 8.10. The van der Waals surface area contributed by atoms with Gasteiger partial charge in [0, 0.05) is 5.69 Å². The highest BCUT2D eigenvalue weighted by Gasteiger charge is 2.14. The van der Waals surface area contributed by atoms with Gasteiger partial charge in [0.15, 0.2) is 0 Å². The molecule has 2 aromatic carbocycles. The summed E-state index contributed by atoms with van der Waals surface area (Å²) in [6.45, 7) is 0. The first-order chi connectivity index (χ1) is 9.51. The molecule has 104 valence electrons. The summed E-state index contributed by atoms with van der Waals surface area (Å²) >= 11 is 0. The fourth-order valence-electron chi connectivity index (χ4n) is 1.65. The Morgan fingerprint density at radius 3 is 2.70 bits per heavy atom. The van der Waals surface area contributed by atoms with Crippen molar-refractivity contribution in [3.63, 3.8) is 0 Å². The predicted molar refractivity (Wildman–Crippen MR) is 73.4 cm³/mol. The molecule has 4 N–H and O–H groups in total. The van der Waals surface area contributed by atoms with Gasteiger partial charge in [-0.2, -0.15) is 0 Å². The molecule has 20 heavy (non-hydrogen) atoms. The molecule has 5 nitrogen and oxygen atoms in total. The van der Waals surface area contributed by atoms with Crippen LogP contribution in [0.4, 0.5) is 15.8 Å². The van der Waals surface area contributed by atoms with Gasteiger partial charge in [0.2, 0.25) is 0 Å². The maximum absolute atomic E-state index is 13.6. The van der Waals surface area contributed by atoms with E-state index in [-0.39, 0.29) is 22.7 Å². The van der Waals surface area contributed by atoms with Gasteiger partial charge in [0.05, 0.1) is 18.4 Å². The Kier molecular flexibility index (Phi) is 3.74. The number of nitrogen functional groups attached to an aromatic ring is 1. The van der Waals surface area contributed by atoms with Crippen LogP contribution in [0.5, 0.6) is 11.5 Å². The standard InChI is InChI=1S/C14H13FN2O3/c1-20-9-3-5-13(18)10(7-9)14(19)17-12-4-2-8(16)6-11(12)15/h2-7,18H,16H2,1H3,(H,17,19). The highest BCUT2D eigenvalue weighted by Crippen LogP contribution is 2.25. The van der Waals surface area contributed by atoms with Crippen LogP contribution in [-0.2, 0) is 0 Å². The maximum atomic E-state index is 13.6. The molecule has 0 saturated carbocycles. The molecule has 2 rings (SSSR count). The minimum absolute atomic E-state index is 0.0134. The lowest BCUT2D eigenvalue weighted by molar-refractivity contribution is 0.102. The van der Waals surface area contributed by atoms with Crippen LogP contribution in [0.25, 0.3) is 0 Å². The van der Waals surface area contributed by atoms with Gasteiger partial charge >= 0.3 is 0 Å². The number of phenolic OH excluding ortho intramolecular Hbond substituents is 1. The molecular formula is C14H13FN2O3. The van der Waals surface area contributed by atoms with Crippen molar-refractivity contribution in [2.45, 2.75) is 0 Å². The molecule has 1 amide bonds. The van der Waals surface area contributed by atoms with E-state index in [1.807, 2.05) is 0 Å². The minimum Gasteiger partial charge on any atom is -0.507 e. The number of aromatic hydroxyl groups is 1. The van der Waals surface area contributed by atoms with Crippen molar-refractivity contribution in [3.05, 3.63) is 47.8 Å². The van der Waals surface area contributed by atoms with E-state index in [4.69, 9.17) is 10.5 Å². The van der Waals surface area contributed by atoms with Crippen LogP contribution in [0.2, 0.25) is 0 Å². The smallest absolute Gasteiger partial charge is 0.259 e. The average molecular weight is 276 g/mol. The fourth-order valence-corrected chi connectivity index (χ4v) is 1.65. The SMILES string of the molecule is COc1ccc(O)c(C(=O)Nc2ccc(N)cc2F)c1. The molecule has 6 heteroatoms. The summed E-state index contributed by atoms with van der Waals surface area (Å²) in [5.74, 6) is -1.12. The van der Waals surface area contributed by atoms with Crippen molar-refractivity contribution in [1.29, 1.82) is 0 Å². The third-order valence-corrected chi connectivity index (χ3v) is 2.69. The number of hydrogen-bond donors (Lipinski definition) is 3. The Balaban J connectivity index is 2.28. The summed E-state index contributed by atoms with van der Waals surface area (Å²) in [7, 11) is 1.44. The second-order valence-electron chi connectivity index (χ2n) is 4.08. The zero-order chi connectivity index (χ0) is 14.7. The number of carbonyl (C=O) groups excluding carboxylic acids is 1. The van der Waals surface area contributed by atoms with Crippen molar-refractivity contribution in [2.24, 2.45) is 0 Å². The number of nitrogens with one attached hydrogen (secondary N) is 1. The molecule has 0 aromatic heterocycles. The Hall–Kier alpha value is -2.76. The van der Waals surface area contributed by atoms with E-state index in [9.17, 15) is 14.3 Å². The Morgan fingerprint density at radius 1 is 1.30 bits per heavy atom. The average Bonchev–Trinajstić information content (AvgIpc) is 2.42. The van der Waals surface area contributed by atoms with Crippen molar-refractivity contribution in [2.75, 3.05) is 18.2 Å². The molecule has 0 unspecified atom stereocenters. The Morgan fingerprint density at radius 2 is 2.05 bits per heavy atom. The molecule has 2 aromatic rings. The summed E-state index contributed by atoms with van der Waals surface area (Å²) in [5, 5.41) is 12.0. The number of hydrogen-bond acceptors (Lipinski definition) is 4. The summed E-state index contributed by atoms with van der Waals surface area (Å²) in [6.07, 6.45) is 0. The quantitative estimate of drug-likeness (QED) is 0.751. The zero-order valence-corrected chi connectivity index (χ0v) is 10.7. The molecule has 0 fully saturated rings. The van der Waals surface area contributed by atoms with E-state index in [1.54, 1.807) is 0 Å². The number of halogens is 1. The Labute approximate surface area is 114 Å². The van der Waals surface area contributed by atoms with Crippen LogP contribution in [0.15, 0.2) is 36.4 Å². The molecule has 0 aliphatic heterocycles. The Bertz CT molecular complexity index is 659. The lowest BCUT2D eigenvalue weighted by Gasteiger charge is -2.09. The third kappa shape index (κ3) is 2.80. The highest BCUT2D eigenvalue weighted by atomic mass is 19.1. The highest BCUT2D eigenvalue weighted by molar-refractivity contribution is 6.06. The van der Waals surface area contributed by atoms with Crippen LogP contribution in [0.1, 0.15) is 10.4 Å². The number of methoxy groups -OCH3 is 1. The lowest BCUT2D eigenvalue weighted by Crippen LogP contribution is -2.13. The van der Waals surface area contributed by atoms with Crippen molar-refractivity contribution < 1.29 is 19.0 Å². The van der Waals surface area contributed by atoms with E-state index in [1.165, 1.54) is 37.4 Å². The van der Waals surface area contributed by atoms with Gasteiger partial charge < -0.3 is 20.9 Å². The van der Waals surface area contributed by atoms with Crippen LogP contribution in [0.3, 0.4) is 0 Å². The number of benzene rings is 2. The summed E-state index contributed by atoms with van der Waals surface area (Å²) in [5.41, 5.74) is 5.64. The van der Waals surface area contributed by atoms with E-state index >= 15 is 0 Å². The van der Waals surface area contributed by atoms with Crippen LogP contribution in [0, 0.1) is 5.82 Å². The number of carbonyl (C=O) groups is 1. The number of anilines is 2. The van der Waals surface area contributed by atoms with Gasteiger partial charge in [-0.15, -0.1) is 0 Å². The van der Waals surface area contributed by atoms with Gasteiger partial charge in [0.25, 0.3) is 5.91 Å². The molecule has 0 spiro atoms. The monoisotopic (exact) mass is 276 g/mol. The lowest BCUT2D eigenvalue weighted by atomic mass is 10.1. The van der Waals surface area contributed by atoms with Crippen LogP contribution < -0.4 is 15.8 Å². The predicted octanol–water partition coefficient (Wildman–Crippen LogP) is 2.37. The second kappa shape index (κ2) is 5.48. The zero-order valence-electron chi connectivity index (χ0n) is 10.7. The molecule has 0 radical (unpaired) electrons. The maximum Gasteiger partial charge on any atom is 0.259 e. The van der Waals surface area contributed by atoms with E-state index in [0.717, 1.165) is 6.07 Å². The summed E-state index contributed by atoms with van der Waals surface area (Å²) in [4.78, 5) is 12.0. The summed E-state index contributed by atoms with van der Waals surface area (Å²) < 4.78 is 18.6. The first-order valence-electron chi connectivity index (χ1n) is 5.74. The first kappa shape index (κ1) is 13.7. The molecular weight excluding hydrogens is 263 g/mol. The minimum atomic E-state index is -0.652. The van der Waals surface area contributed by atoms with Crippen LogP contribution >= 0.6 is 0 Å². The van der Waals surface area contributed by atoms with E-state index < -0.39 is 11.7 Å². The van der Waals surface area contributed by atoms with Crippen molar-refractivity contribution in [3.8, 4) is 11.5 Å². The normalized spacial score (nSPS) is 10.1. The van der Waals surface area contributed by atoms with Gasteiger partial charge in [-0.25, -0.2) is 4.39 Å². The van der Waals surface area contributed by atoms with Crippen molar-refractivity contribution in [1.82, 2.24) is 0 Å². The number of phenols is 1. The molecule has 0 bridgehead atoms. The van der Waals surface area contributed by atoms with Crippen LogP contribution in [-0.4, -0.2) is 18.1 Å². The molecule has 0 heterocycles. The third-order valence-electron chi connectivity index (χ3n) is 2.69. The van der Waals surface area contributed by atoms with Gasteiger partial charge in [0.1, 0.15) is 17.3 Å².